The van der Waals surface area contributed by atoms with Crippen molar-refractivity contribution in [3.63, 3.8) is 0 Å². The van der Waals surface area contributed by atoms with Crippen molar-refractivity contribution in [2.75, 3.05) is 20.2 Å². The van der Waals surface area contributed by atoms with Crippen LogP contribution in [-0.2, 0) is 21.8 Å². The first kappa shape index (κ1) is 24.8. The molecule has 0 aliphatic carbocycles. The zero-order valence-corrected chi connectivity index (χ0v) is 20.7. The van der Waals surface area contributed by atoms with Gasteiger partial charge in [-0.2, -0.15) is 9.30 Å². The van der Waals surface area contributed by atoms with Crippen molar-refractivity contribution >= 4 is 43.5 Å². The minimum atomic E-state index is -3.61. The van der Waals surface area contributed by atoms with Crippen LogP contribution in [0.15, 0.2) is 52.4 Å². The lowest BCUT2D eigenvalue weighted by atomic mass is 10.2. The number of thiazole rings is 1. The van der Waals surface area contributed by atoms with Crippen LogP contribution < -0.4 is 4.80 Å². The molecule has 3 rings (SSSR count). The Morgan fingerprint density at radius 3 is 2.36 bits per heavy atom. The number of hydrogen-bond donors (Lipinski definition) is 0. The van der Waals surface area contributed by atoms with Crippen molar-refractivity contribution in [2.24, 2.45) is 12.0 Å². The Balaban J connectivity index is 1.89. The van der Waals surface area contributed by atoms with Crippen molar-refractivity contribution in [3.8, 4) is 0 Å². The molecule has 3 aromatic rings. The smallest absolute Gasteiger partial charge is 0.337 e. The number of nitrogens with zero attached hydrogens (tertiary/aromatic N) is 3. The van der Waals surface area contributed by atoms with Gasteiger partial charge in [-0.25, -0.2) is 13.2 Å². The van der Waals surface area contributed by atoms with Gasteiger partial charge in [0.2, 0.25) is 10.0 Å². The second kappa shape index (κ2) is 10.4. The topological polar surface area (TPSA) is 98.0 Å². The van der Waals surface area contributed by atoms with Gasteiger partial charge >= 0.3 is 5.97 Å². The van der Waals surface area contributed by atoms with E-state index in [9.17, 15) is 18.0 Å². The molecule has 0 spiro atoms. The highest BCUT2D eigenvalue weighted by Gasteiger charge is 2.22. The van der Waals surface area contributed by atoms with Crippen molar-refractivity contribution in [1.29, 1.82) is 0 Å². The molecule has 0 radical (unpaired) electrons. The standard InChI is InChI=1S/C23H27N3O5S2/c1-5-7-14-26(6-2)33(29,30)18-11-8-16(9-12-18)21(27)24-23-25(3)19-13-10-17(22(28)31-4)15-20(19)32-23/h8-13,15H,5-7,14H2,1-4H3. The maximum atomic E-state index is 12.9. The Hall–Kier alpha value is -2.82. The summed E-state index contributed by atoms with van der Waals surface area (Å²) in [4.78, 5) is 29.4. The predicted molar refractivity (Wildman–Crippen MR) is 128 cm³/mol. The molecule has 33 heavy (non-hydrogen) atoms. The van der Waals surface area contributed by atoms with Crippen LogP contribution in [0, 0.1) is 0 Å². The number of unbranched alkanes of at least 4 members (excludes halogenated alkanes) is 1. The summed E-state index contributed by atoms with van der Waals surface area (Å²) < 4.78 is 34.5. The third-order valence-corrected chi connectivity index (χ3v) is 8.36. The van der Waals surface area contributed by atoms with Crippen LogP contribution in [0.25, 0.3) is 10.2 Å². The number of hydrogen-bond acceptors (Lipinski definition) is 6. The Labute approximate surface area is 197 Å². The second-order valence-corrected chi connectivity index (χ2v) is 10.4. The van der Waals surface area contributed by atoms with Crippen LogP contribution in [-0.4, -0.2) is 49.4 Å². The number of ether oxygens (including phenoxy) is 1. The Kier molecular flexibility index (Phi) is 7.83. The van der Waals surface area contributed by atoms with Crippen molar-refractivity contribution in [2.45, 2.75) is 31.6 Å². The predicted octanol–water partition coefficient (Wildman–Crippen LogP) is 3.58. The summed E-state index contributed by atoms with van der Waals surface area (Å²) in [5.41, 5.74) is 1.53. The fraction of sp³-hybridized carbons (Fsp3) is 0.348. The maximum absolute atomic E-state index is 12.9. The minimum absolute atomic E-state index is 0.153. The summed E-state index contributed by atoms with van der Waals surface area (Å²) in [5, 5.41) is 0. The van der Waals surface area contributed by atoms with Crippen LogP contribution in [0.2, 0.25) is 0 Å². The molecule has 8 nitrogen and oxygen atoms in total. The van der Waals surface area contributed by atoms with Gasteiger partial charge in [0.15, 0.2) is 4.80 Å². The molecular formula is C23H27N3O5S2. The maximum Gasteiger partial charge on any atom is 0.337 e. The number of rotatable bonds is 8. The number of benzene rings is 2. The minimum Gasteiger partial charge on any atom is -0.465 e. The normalized spacial score (nSPS) is 12.5. The molecule has 0 aliphatic heterocycles. The van der Waals surface area contributed by atoms with E-state index in [1.165, 1.54) is 47.0 Å². The average Bonchev–Trinajstić information content (AvgIpc) is 3.13. The van der Waals surface area contributed by atoms with Gasteiger partial charge in [0, 0.05) is 25.7 Å². The Morgan fingerprint density at radius 2 is 1.76 bits per heavy atom. The zero-order chi connectivity index (χ0) is 24.2. The highest BCUT2D eigenvalue weighted by atomic mass is 32.2. The molecule has 0 unspecified atom stereocenters. The number of amides is 1. The Bertz CT molecular complexity index is 1340. The van der Waals surface area contributed by atoms with E-state index in [1.807, 2.05) is 13.8 Å². The monoisotopic (exact) mass is 489 g/mol. The van der Waals surface area contributed by atoms with Gasteiger partial charge < -0.3 is 9.30 Å². The van der Waals surface area contributed by atoms with Crippen molar-refractivity contribution in [3.05, 3.63) is 58.4 Å². The summed E-state index contributed by atoms with van der Waals surface area (Å²) >= 11 is 1.28. The molecule has 0 fully saturated rings. The van der Waals surface area contributed by atoms with E-state index in [4.69, 9.17) is 4.74 Å². The van der Waals surface area contributed by atoms with Gasteiger partial charge in [0.05, 0.1) is 27.8 Å². The van der Waals surface area contributed by atoms with E-state index < -0.39 is 21.9 Å². The van der Waals surface area contributed by atoms with Crippen LogP contribution in [0.5, 0.6) is 0 Å². The van der Waals surface area contributed by atoms with Gasteiger partial charge in [-0.1, -0.05) is 31.6 Å². The summed E-state index contributed by atoms with van der Waals surface area (Å²) in [6, 6.07) is 11.0. The lowest BCUT2D eigenvalue weighted by Gasteiger charge is -2.20. The van der Waals surface area contributed by atoms with E-state index in [0.29, 0.717) is 29.0 Å². The molecular weight excluding hydrogens is 462 g/mol. The third kappa shape index (κ3) is 5.23. The number of aromatic nitrogens is 1. The number of fused-ring (bicyclic) bond motifs is 1. The van der Waals surface area contributed by atoms with Gasteiger partial charge in [0.1, 0.15) is 0 Å². The largest absolute Gasteiger partial charge is 0.465 e. The molecule has 1 amide bonds. The summed E-state index contributed by atoms with van der Waals surface area (Å²) in [5.74, 6) is -0.915. The molecule has 10 heteroatoms. The van der Waals surface area contributed by atoms with Crippen LogP contribution in [0.4, 0.5) is 0 Å². The van der Waals surface area contributed by atoms with Crippen molar-refractivity contribution < 1.29 is 22.7 Å². The number of esters is 1. The molecule has 176 valence electrons. The second-order valence-electron chi connectivity index (χ2n) is 7.41. The van der Waals surface area contributed by atoms with Gasteiger partial charge in [0.25, 0.3) is 5.91 Å². The summed E-state index contributed by atoms with van der Waals surface area (Å²) in [7, 11) is -0.503. The van der Waals surface area contributed by atoms with Crippen molar-refractivity contribution in [1.82, 2.24) is 8.87 Å². The molecule has 2 aromatic carbocycles. The molecule has 0 aliphatic rings. The molecule has 0 saturated carbocycles. The summed E-state index contributed by atoms with van der Waals surface area (Å²) in [6.45, 7) is 4.67. The number of aryl methyl sites for hydroxylation is 1. The number of carbonyl (C=O) groups excluding carboxylic acids is 2. The van der Waals surface area contributed by atoms with Gasteiger partial charge in [-0.05, 0) is 48.9 Å². The van der Waals surface area contributed by atoms with E-state index in [1.54, 1.807) is 29.8 Å². The first-order valence-electron chi connectivity index (χ1n) is 10.6. The molecule has 1 aromatic heterocycles. The summed E-state index contributed by atoms with van der Waals surface area (Å²) in [6.07, 6.45) is 1.69. The van der Waals surface area contributed by atoms with E-state index in [-0.39, 0.29) is 4.90 Å². The van der Waals surface area contributed by atoms with E-state index >= 15 is 0 Å². The number of methoxy groups -OCH3 is 1. The molecule has 0 atom stereocenters. The van der Waals surface area contributed by atoms with Crippen LogP contribution in [0.3, 0.4) is 0 Å². The lowest BCUT2D eigenvalue weighted by molar-refractivity contribution is 0.0600. The number of carbonyl (C=O) groups is 2. The fourth-order valence-corrected chi connectivity index (χ4v) is 5.88. The highest BCUT2D eigenvalue weighted by Crippen LogP contribution is 2.20. The quantitative estimate of drug-likeness (QED) is 0.451. The van der Waals surface area contributed by atoms with E-state index in [0.717, 1.165) is 23.1 Å². The molecule has 0 N–H and O–H groups in total. The lowest BCUT2D eigenvalue weighted by Crippen LogP contribution is -2.31. The SMILES string of the molecule is CCCCN(CC)S(=O)(=O)c1ccc(C(=O)N=c2sc3cc(C(=O)OC)ccc3n2C)cc1. The zero-order valence-electron chi connectivity index (χ0n) is 19.1. The van der Waals surface area contributed by atoms with Gasteiger partial charge in [-0.15, -0.1) is 0 Å². The first-order chi connectivity index (χ1) is 15.7. The molecule has 1 heterocycles. The molecule has 0 bridgehead atoms. The third-order valence-electron chi connectivity index (χ3n) is 5.28. The number of sulfonamides is 1. The Morgan fingerprint density at radius 1 is 1.09 bits per heavy atom. The average molecular weight is 490 g/mol. The fourth-order valence-electron chi connectivity index (χ4n) is 3.34. The molecule has 0 saturated heterocycles. The van der Waals surface area contributed by atoms with Gasteiger partial charge in [-0.3, -0.25) is 4.79 Å². The van der Waals surface area contributed by atoms with Crippen LogP contribution >= 0.6 is 11.3 Å². The van der Waals surface area contributed by atoms with Crippen LogP contribution in [0.1, 0.15) is 47.4 Å². The van der Waals surface area contributed by atoms with E-state index in [2.05, 4.69) is 4.99 Å². The highest BCUT2D eigenvalue weighted by molar-refractivity contribution is 7.89. The first-order valence-corrected chi connectivity index (χ1v) is 12.9.